The molecule has 2 aromatic heterocycles. The van der Waals surface area contributed by atoms with Crippen molar-refractivity contribution in [1.29, 1.82) is 0 Å². The summed E-state index contributed by atoms with van der Waals surface area (Å²) >= 11 is 0.817. The Hall–Kier alpha value is -2.78. The van der Waals surface area contributed by atoms with Crippen LogP contribution in [0.2, 0.25) is 0 Å². The van der Waals surface area contributed by atoms with Gasteiger partial charge in [-0.05, 0) is 0 Å². The van der Waals surface area contributed by atoms with Crippen molar-refractivity contribution in [3.8, 4) is 0 Å². The third-order valence-electron chi connectivity index (χ3n) is 9.35. The van der Waals surface area contributed by atoms with Crippen LogP contribution in [-0.2, 0) is 0 Å². The molecule has 2 aliphatic rings. The van der Waals surface area contributed by atoms with Gasteiger partial charge in [0.15, 0.2) is 0 Å². The fourth-order valence-electron chi connectivity index (χ4n) is 6.71. The van der Waals surface area contributed by atoms with Gasteiger partial charge < -0.3 is 0 Å². The number of rotatable bonds is 13. The van der Waals surface area contributed by atoms with E-state index in [9.17, 15) is 0 Å². The number of aromatic nitrogens is 8. The summed E-state index contributed by atoms with van der Waals surface area (Å²) in [6, 6.07) is 19.0. The van der Waals surface area contributed by atoms with E-state index in [0.29, 0.717) is 50.2 Å². The van der Waals surface area contributed by atoms with E-state index in [1.807, 2.05) is 0 Å². The van der Waals surface area contributed by atoms with E-state index < -0.39 is 0 Å². The van der Waals surface area contributed by atoms with E-state index in [0.717, 1.165) is 23.0 Å². The quantitative estimate of drug-likeness (QED) is 0.171. The molecule has 0 bridgehead atoms. The monoisotopic (exact) mass is 756 g/mol. The molecule has 2 unspecified atom stereocenters. The summed E-state index contributed by atoms with van der Waals surface area (Å²) in [5.41, 5.74) is 2.24. The molecule has 4 aromatic rings. The zero-order valence-corrected chi connectivity index (χ0v) is 31.0. The molecule has 2 heterocycles. The van der Waals surface area contributed by atoms with Gasteiger partial charge in [0.25, 0.3) is 0 Å². The Bertz CT molecular complexity index is 1380. The van der Waals surface area contributed by atoms with Gasteiger partial charge in [0.2, 0.25) is 0 Å². The molecule has 2 atom stereocenters. The molecule has 2 saturated carbocycles. The molecule has 2 aliphatic carbocycles. The minimum absolute atomic E-state index is 0.0692. The first-order valence-corrected chi connectivity index (χ1v) is 23.1. The molecule has 0 amide bonds. The van der Waals surface area contributed by atoms with Gasteiger partial charge >= 0.3 is 286 Å². The van der Waals surface area contributed by atoms with Crippen molar-refractivity contribution in [3.63, 3.8) is 0 Å². The molecule has 2 fully saturated rings. The molecule has 2 N–H and O–H groups in total. The number of benzene rings is 2. The summed E-state index contributed by atoms with van der Waals surface area (Å²) in [6.45, 7) is 8.95. The molecular weight excluding hydrogens is 706 g/mol. The second kappa shape index (κ2) is 15.9. The SMILES string of the molecule is CC(C)C(Nc1ccc([Se][Se]c2ccc(NC(c3nnnn3C3CCCCC3)C(C)C)cc2)cc1)c1nnnn1C1CCCCC1. The fraction of sp³-hybridized carbons (Fsp3) is 0.588. The van der Waals surface area contributed by atoms with Gasteiger partial charge in [0.1, 0.15) is 0 Å². The Morgan fingerprint density at radius 1 is 0.565 bits per heavy atom. The Kier molecular flexibility index (Phi) is 11.4. The minimum atomic E-state index is 0.0692. The first kappa shape index (κ1) is 33.1. The Morgan fingerprint density at radius 3 is 1.28 bits per heavy atom. The summed E-state index contributed by atoms with van der Waals surface area (Å²) in [7, 11) is 0. The molecule has 0 spiro atoms. The molecule has 0 aliphatic heterocycles. The average Bonchev–Trinajstić information content (AvgIpc) is 3.77. The van der Waals surface area contributed by atoms with Crippen LogP contribution >= 0.6 is 0 Å². The van der Waals surface area contributed by atoms with Crippen molar-refractivity contribution in [2.75, 3.05) is 10.6 Å². The van der Waals surface area contributed by atoms with Crippen LogP contribution in [0.3, 0.4) is 0 Å². The summed E-state index contributed by atoms with van der Waals surface area (Å²) in [5.74, 6) is 2.64. The summed E-state index contributed by atoms with van der Waals surface area (Å²) in [4.78, 5) is 0. The summed E-state index contributed by atoms with van der Waals surface area (Å²) < 4.78 is 7.04. The fourth-order valence-corrected chi connectivity index (χ4v) is 12.7. The first-order chi connectivity index (χ1) is 22.5. The molecule has 2 aromatic carbocycles. The Balaban J connectivity index is 1.04. The van der Waals surface area contributed by atoms with Crippen molar-refractivity contribution in [2.45, 2.75) is 116 Å². The number of tetrazole rings is 2. The first-order valence-electron chi connectivity index (χ1n) is 17.1. The van der Waals surface area contributed by atoms with E-state index >= 15 is 0 Å². The molecule has 246 valence electrons. The van der Waals surface area contributed by atoms with Crippen LogP contribution < -0.4 is 19.6 Å². The standard InChI is InChI=1S/C34H48N10Se2/c1-23(2)31(33-37-39-41-43(33)27-11-7-5-8-12-27)35-25-15-19-29(20-16-25)45-46-30-21-17-26(18-22-30)36-32(24(3)4)34-38-40-42-44(34)28-13-9-6-10-14-28/h15-24,27-28,31-32,35-36H,5-14H2,1-4H3. The topological polar surface area (TPSA) is 111 Å². The number of hydrogen-bond donors (Lipinski definition) is 2. The third kappa shape index (κ3) is 8.19. The van der Waals surface area contributed by atoms with Crippen LogP contribution in [-0.4, -0.2) is 66.7 Å². The van der Waals surface area contributed by atoms with Crippen molar-refractivity contribution in [3.05, 3.63) is 60.2 Å². The predicted molar refractivity (Wildman–Crippen MR) is 186 cm³/mol. The van der Waals surface area contributed by atoms with E-state index in [4.69, 9.17) is 0 Å². The second-order valence-electron chi connectivity index (χ2n) is 13.5. The number of nitrogens with one attached hydrogen (secondary N) is 2. The Labute approximate surface area is 284 Å². The van der Waals surface area contributed by atoms with Crippen molar-refractivity contribution in [2.24, 2.45) is 11.8 Å². The van der Waals surface area contributed by atoms with Gasteiger partial charge in [-0.2, -0.15) is 0 Å². The molecule has 10 nitrogen and oxygen atoms in total. The predicted octanol–water partition coefficient (Wildman–Crippen LogP) is 5.56. The van der Waals surface area contributed by atoms with Gasteiger partial charge in [-0.15, -0.1) is 0 Å². The van der Waals surface area contributed by atoms with E-state index in [2.05, 4.69) is 127 Å². The molecule has 0 radical (unpaired) electrons. The van der Waals surface area contributed by atoms with Gasteiger partial charge in [-0.3, -0.25) is 0 Å². The molecule has 0 saturated heterocycles. The number of nitrogens with zero attached hydrogens (tertiary/aromatic N) is 8. The van der Waals surface area contributed by atoms with Crippen molar-refractivity contribution in [1.82, 2.24) is 40.4 Å². The van der Waals surface area contributed by atoms with E-state index in [1.165, 1.54) is 73.1 Å². The average molecular weight is 755 g/mol. The molecular formula is C34H48N10Se2. The van der Waals surface area contributed by atoms with E-state index in [-0.39, 0.29) is 12.1 Å². The van der Waals surface area contributed by atoms with E-state index in [1.54, 1.807) is 0 Å². The van der Waals surface area contributed by atoms with Crippen LogP contribution in [0.15, 0.2) is 48.5 Å². The van der Waals surface area contributed by atoms with Crippen molar-refractivity contribution >= 4 is 46.6 Å². The summed E-state index contributed by atoms with van der Waals surface area (Å²) in [6.07, 6.45) is 12.4. The number of hydrogen-bond acceptors (Lipinski definition) is 8. The maximum absolute atomic E-state index is 4.49. The van der Waals surface area contributed by atoms with Crippen LogP contribution in [0.1, 0.15) is 128 Å². The van der Waals surface area contributed by atoms with Gasteiger partial charge in [-0.25, -0.2) is 0 Å². The molecule has 12 heteroatoms. The maximum atomic E-state index is 4.49. The van der Waals surface area contributed by atoms with Gasteiger partial charge in [0, 0.05) is 0 Å². The van der Waals surface area contributed by atoms with Gasteiger partial charge in [0.05, 0.1) is 0 Å². The molecule has 6 rings (SSSR count). The zero-order valence-electron chi connectivity index (χ0n) is 27.5. The zero-order chi connectivity index (χ0) is 31.9. The normalized spacial score (nSPS) is 17.8. The summed E-state index contributed by atoms with van der Waals surface area (Å²) in [5, 5.41) is 33.5. The number of anilines is 2. The van der Waals surface area contributed by atoms with Crippen LogP contribution in [0, 0.1) is 11.8 Å². The second-order valence-corrected chi connectivity index (χ2v) is 19.8. The van der Waals surface area contributed by atoms with Crippen molar-refractivity contribution < 1.29 is 0 Å². The van der Waals surface area contributed by atoms with Crippen LogP contribution in [0.4, 0.5) is 11.4 Å². The Morgan fingerprint density at radius 2 is 0.935 bits per heavy atom. The van der Waals surface area contributed by atoms with Crippen LogP contribution in [0.5, 0.6) is 0 Å². The van der Waals surface area contributed by atoms with Crippen LogP contribution in [0.25, 0.3) is 0 Å². The van der Waals surface area contributed by atoms with Gasteiger partial charge in [-0.1, -0.05) is 0 Å². The molecule has 46 heavy (non-hydrogen) atoms. The third-order valence-corrected chi connectivity index (χ3v) is 16.6.